The van der Waals surface area contributed by atoms with Gasteiger partial charge in [-0.1, -0.05) is 0 Å². The van der Waals surface area contributed by atoms with Crippen molar-refractivity contribution in [2.75, 3.05) is 25.5 Å². The molecule has 2 aliphatic rings. The molecule has 1 saturated carbocycles. The Morgan fingerprint density at radius 1 is 1.20 bits per heavy atom. The van der Waals surface area contributed by atoms with Crippen LogP contribution in [0.4, 0.5) is 0 Å². The molecule has 1 N–H and O–H groups in total. The zero-order chi connectivity index (χ0) is 13.8. The van der Waals surface area contributed by atoms with Gasteiger partial charge in [0.25, 0.3) is 0 Å². The Hall–Kier alpha value is -1.07. The summed E-state index contributed by atoms with van der Waals surface area (Å²) in [4.78, 5) is 0.834. The van der Waals surface area contributed by atoms with E-state index in [1.807, 2.05) is 18.2 Å². The van der Waals surface area contributed by atoms with Gasteiger partial charge in [-0.25, -0.2) is 0 Å². The van der Waals surface area contributed by atoms with Crippen molar-refractivity contribution in [2.24, 2.45) is 0 Å². The van der Waals surface area contributed by atoms with Crippen LogP contribution in [0, 0.1) is 0 Å². The average molecular weight is 295 g/mol. The van der Waals surface area contributed by atoms with Gasteiger partial charge in [-0.05, 0) is 37.9 Å². The first-order valence-electron chi connectivity index (χ1n) is 7.34. The van der Waals surface area contributed by atoms with Crippen molar-refractivity contribution >= 4 is 10.8 Å². The smallest absolute Gasteiger partial charge is 0.162 e. The highest BCUT2D eigenvalue weighted by Gasteiger charge is 2.19. The lowest BCUT2D eigenvalue weighted by atomic mass is 10.3. The van der Waals surface area contributed by atoms with E-state index >= 15 is 0 Å². The van der Waals surface area contributed by atoms with Crippen LogP contribution in [-0.4, -0.2) is 35.8 Å². The Kier molecular flexibility index (Phi) is 4.58. The van der Waals surface area contributed by atoms with Gasteiger partial charge < -0.3 is 14.8 Å². The predicted molar refractivity (Wildman–Crippen MR) is 79.0 cm³/mol. The molecule has 0 saturated heterocycles. The normalized spacial score (nSPS) is 19.4. The molecule has 1 unspecified atom stereocenters. The Morgan fingerprint density at radius 2 is 2.00 bits per heavy atom. The highest BCUT2D eigenvalue weighted by atomic mass is 32.2. The molecule has 1 atom stereocenters. The van der Waals surface area contributed by atoms with E-state index in [1.165, 1.54) is 12.8 Å². The Balaban J connectivity index is 1.55. The molecular formula is C15H21NO3S. The highest BCUT2D eigenvalue weighted by Crippen LogP contribution is 2.31. The van der Waals surface area contributed by atoms with Gasteiger partial charge >= 0.3 is 0 Å². The fourth-order valence-electron chi connectivity index (χ4n) is 2.20. The number of benzene rings is 1. The first-order valence-corrected chi connectivity index (χ1v) is 8.66. The lowest BCUT2D eigenvalue weighted by Gasteiger charge is -2.09. The summed E-state index contributed by atoms with van der Waals surface area (Å²) in [5, 5.41) is 3.44. The molecule has 0 spiro atoms. The van der Waals surface area contributed by atoms with Gasteiger partial charge in [0, 0.05) is 29.2 Å². The van der Waals surface area contributed by atoms with Crippen LogP contribution < -0.4 is 14.8 Å². The van der Waals surface area contributed by atoms with Crippen molar-refractivity contribution in [1.82, 2.24) is 5.32 Å². The molecule has 110 valence electrons. The number of hydrogen-bond donors (Lipinski definition) is 1. The molecule has 0 radical (unpaired) electrons. The SMILES string of the molecule is O=S(CCCNC1CC1)c1ccc2c(c1)OCCCO2. The summed E-state index contributed by atoms with van der Waals surface area (Å²) < 4.78 is 23.5. The van der Waals surface area contributed by atoms with E-state index in [4.69, 9.17) is 9.47 Å². The van der Waals surface area contributed by atoms with Gasteiger partial charge in [-0.15, -0.1) is 0 Å². The van der Waals surface area contributed by atoms with E-state index < -0.39 is 10.8 Å². The quantitative estimate of drug-likeness (QED) is 0.817. The summed E-state index contributed by atoms with van der Waals surface area (Å²) >= 11 is 0. The standard InChI is InChI=1S/C15H21NO3S/c17-20(10-1-7-16-12-3-4-12)13-5-6-14-15(11-13)19-9-2-8-18-14/h5-6,11-12,16H,1-4,7-10H2. The van der Waals surface area contributed by atoms with E-state index in [1.54, 1.807) is 0 Å². The van der Waals surface area contributed by atoms with E-state index in [9.17, 15) is 4.21 Å². The van der Waals surface area contributed by atoms with Crippen LogP contribution in [0.15, 0.2) is 23.1 Å². The van der Waals surface area contributed by atoms with E-state index in [0.717, 1.165) is 41.8 Å². The fraction of sp³-hybridized carbons (Fsp3) is 0.600. The zero-order valence-corrected chi connectivity index (χ0v) is 12.4. The second-order valence-corrected chi connectivity index (χ2v) is 6.86. The minimum Gasteiger partial charge on any atom is -0.490 e. The lowest BCUT2D eigenvalue weighted by Crippen LogP contribution is -2.19. The topological polar surface area (TPSA) is 47.6 Å². The third-order valence-corrected chi connectivity index (χ3v) is 4.94. The molecule has 3 rings (SSSR count). The van der Waals surface area contributed by atoms with Crippen molar-refractivity contribution in [1.29, 1.82) is 0 Å². The van der Waals surface area contributed by atoms with Gasteiger partial charge in [0.15, 0.2) is 11.5 Å². The molecule has 1 aliphatic carbocycles. The molecule has 1 aliphatic heterocycles. The second kappa shape index (κ2) is 6.59. The number of hydrogen-bond acceptors (Lipinski definition) is 4. The highest BCUT2D eigenvalue weighted by molar-refractivity contribution is 7.85. The van der Waals surface area contributed by atoms with E-state index in [0.29, 0.717) is 19.0 Å². The molecule has 0 aromatic heterocycles. The van der Waals surface area contributed by atoms with Gasteiger partial charge in [0.1, 0.15) is 0 Å². The molecule has 1 fully saturated rings. The van der Waals surface area contributed by atoms with Gasteiger partial charge in [0.2, 0.25) is 0 Å². The number of nitrogens with one attached hydrogen (secondary N) is 1. The van der Waals surface area contributed by atoms with E-state index in [2.05, 4.69) is 5.32 Å². The first kappa shape index (κ1) is 13.9. The molecule has 20 heavy (non-hydrogen) atoms. The summed E-state index contributed by atoms with van der Waals surface area (Å²) in [6, 6.07) is 6.35. The molecule has 5 heteroatoms. The van der Waals surface area contributed by atoms with Crippen LogP contribution >= 0.6 is 0 Å². The molecule has 1 aromatic rings. The Labute approximate surface area is 122 Å². The van der Waals surface area contributed by atoms with Crippen molar-refractivity contribution in [3.63, 3.8) is 0 Å². The van der Waals surface area contributed by atoms with Crippen LogP contribution in [0.5, 0.6) is 11.5 Å². The largest absolute Gasteiger partial charge is 0.490 e. The molecular weight excluding hydrogens is 274 g/mol. The van der Waals surface area contributed by atoms with Gasteiger partial charge in [-0.3, -0.25) is 4.21 Å². The third-order valence-electron chi connectivity index (χ3n) is 3.50. The minimum atomic E-state index is -0.957. The van der Waals surface area contributed by atoms with Crippen molar-refractivity contribution in [2.45, 2.75) is 36.6 Å². The minimum absolute atomic E-state index is 0.661. The molecule has 0 bridgehead atoms. The maximum absolute atomic E-state index is 12.3. The van der Waals surface area contributed by atoms with Crippen LogP contribution in [0.1, 0.15) is 25.7 Å². The van der Waals surface area contributed by atoms with Gasteiger partial charge in [0.05, 0.1) is 24.0 Å². The number of ether oxygens (including phenoxy) is 2. The molecule has 1 heterocycles. The summed E-state index contributed by atoms with van der Waals surface area (Å²) in [5.74, 6) is 2.18. The summed E-state index contributed by atoms with van der Waals surface area (Å²) in [5.41, 5.74) is 0. The third kappa shape index (κ3) is 3.73. The monoisotopic (exact) mass is 295 g/mol. The van der Waals surface area contributed by atoms with Crippen LogP contribution in [-0.2, 0) is 10.8 Å². The molecule has 4 nitrogen and oxygen atoms in total. The average Bonchev–Trinajstić information content (AvgIpc) is 3.29. The Morgan fingerprint density at radius 3 is 2.80 bits per heavy atom. The fourth-order valence-corrected chi connectivity index (χ4v) is 3.30. The summed E-state index contributed by atoms with van der Waals surface area (Å²) in [7, 11) is -0.957. The zero-order valence-electron chi connectivity index (χ0n) is 11.6. The molecule has 1 aromatic carbocycles. The maximum Gasteiger partial charge on any atom is 0.162 e. The molecule has 0 amide bonds. The summed E-state index contributed by atoms with van der Waals surface area (Å²) in [6.45, 7) is 2.30. The van der Waals surface area contributed by atoms with Crippen molar-refractivity contribution in [3.05, 3.63) is 18.2 Å². The summed E-state index contributed by atoms with van der Waals surface area (Å²) in [6.07, 6.45) is 4.42. The van der Waals surface area contributed by atoms with Crippen LogP contribution in [0.25, 0.3) is 0 Å². The number of rotatable bonds is 6. The maximum atomic E-state index is 12.3. The number of fused-ring (bicyclic) bond motifs is 1. The van der Waals surface area contributed by atoms with Gasteiger partial charge in [-0.2, -0.15) is 0 Å². The Bertz CT molecular complexity index is 488. The van der Waals surface area contributed by atoms with Crippen molar-refractivity contribution in [3.8, 4) is 11.5 Å². The second-order valence-electron chi connectivity index (χ2n) is 5.29. The van der Waals surface area contributed by atoms with Crippen LogP contribution in [0.2, 0.25) is 0 Å². The van der Waals surface area contributed by atoms with Crippen LogP contribution in [0.3, 0.4) is 0 Å². The van der Waals surface area contributed by atoms with Crippen molar-refractivity contribution < 1.29 is 13.7 Å². The lowest BCUT2D eigenvalue weighted by molar-refractivity contribution is 0.297. The van der Waals surface area contributed by atoms with E-state index in [-0.39, 0.29) is 0 Å². The first-order chi connectivity index (χ1) is 9.83. The predicted octanol–water partition coefficient (Wildman–Crippen LogP) is 2.10.